The van der Waals surface area contributed by atoms with Gasteiger partial charge in [-0.1, -0.05) is 0 Å². The topological polar surface area (TPSA) is 130 Å². The molecule has 0 saturated heterocycles. The Labute approximate surface area is 116 Å². The second-order valence-corrected chi connectivity index (χ2v) is 6.01. The second-order valence-electron chi connectivity index (χ2n) is 4.00. The molecule has 8 nitrogen and oxygen atoms in total. The number of nitrogens with zero attached hydrogens (tertiary/aromatic N) is 1. The van der Waals surface area contributed by atoms with Gasteiger partial charge in [-0.15, -0.1) is 0 Å². The zero-order valence-electron chi connectivity index (χ0n) is 11.0. The third kappa shape index (κ3) is 3.25. The van der Waals surface area contributed by atoms with E-state index in [1.807, 2.05) is 0 Å². The molecule has 0 aliphatic rings. The number of carbonyl (C=O) groups excluding carboxylic acids is 1. The van der Waals surface area contributed by atoms with Crippen LogP contribution < -0.4 is 11.1 Å². The predicted octanol–water partition coefficient (Wildman–Crippen LogP) is -0.666. The number of sulfonamides is 1. The molecule has 1 aromatic carbocycles. The van der Waals surface area contributed by atoms with E-state index in [4.69, 9.17) is 10.8 Å². The van der Waals surface area contributed by atoms with Gasteiger partial charge in [-0.25, -0.2) is 13.2 Å². The number of aromatic carboxylic acids is 1. The van der Waals surface area contributed by atoms with Gasteiger partial charge < -0.3 is 16.2 Å². The fraction of sp³-hybridized carbons (Fsp3) is 0.273. The molecule has 0 heterocycles. The Hall–Kier alpha value is -2.13. The van der Waals surface area contributed by atoms with Gasteiger partial charge >= 0.3 is 5.97 Å². The van der Waals surface area contributed by atoms with Crippen LogP contribution in [0.1, 0.15) is 10.4 Å². The molecule has 0 radical (unpaired) electrons. The average Bonchev–Trinajstić information content (AvgIpc) is 2.37. The minimum atomic E-state index is -4.10. The highest BCUT2D eigenvalue weighted by Crippen LogP contribution is 2.21. The molecular formula is C11H15N3O5S. The zero-order chi connectivity index (χ0) is 15.5. The maximum Gasteiger partial charge on any atom is 0.337 e. The van der Waals surface area contributed by atoms with E-state index in [1.54, 1.807) is 0 Å². The molecule has 1 aromatic rings. The van der Waals surface area contributed by atoms with Crippen LogP contribution in [0.4, 0.5) is 5.69 Å². The molecule has 0 atom stereocenters. The number of amides is 1. The largest absolute Gasteiger partial charge is 0.478 e. The monoisotopic (exact) mass is 301 g/mol. The maximum atomic E-state index is 12.3. The first-order valence-corrected chi connectivity index (χ1v) is 6.94. The van der Waals surface area contributed by atoms with Gasteiger partial charge in [0.1, 0.15) is 0 Å². The number of carboxylic acids is 1. The highest BCUT2D eigenvalue weighted by molar-refractivity contribution is 7.89. The summed E-state index contributed by atoms with van der Waals surface area (Å²) in [5, 5.41) is 11.3. The van der Waals surface area contributed by atoms with Crippen molar-refractivity contribution in [2.45, 2.75) is 4.90 Å². The number of nitrogen functional groups attached to an aromatic ring is 1. The number of hydrogen-bond acceptors (Lipinski definition) is 5. The zero-order valence-corrected chi connectivity index (χ0v) is 11.8. The van der Waals surface area contributed by atoms with Gasteiger partial charge in [0.25, 0.3) is 0 Å². The van der Waals surface area contributed by atoms with Crippen LogP contribution in [0.15, 0.2) is 23.1 Å². The Morgan fingerprint density at radius 2 is 2.00 bits per heavy atom. The molecular weight excluding hydrogens is 286 g/mol. The number of nitrogens with two attached hydrogens (primary N) is 1. The standard InChI is InChI=1S/C11H15N3O5S/c1-13-10(15)6-14(2)20(18,19)9-4-3-7(12)5-8(9)11(16)17/h3-5H,6,12H2,1-2H3,(H,13,15)(H,16,17). The molecule has 20 heavy (non-hydrogen) atoms. The number of carboxylic acid groups (broad SMARTS) is 1. The highest BCUT2D eigenvalue weighted by Gasteiger charge is 2.27. The van der Waals surface area contributed by atoms with E-state index < -0.39 is 38.9 Å². The van der Waals surface area contributed by atoms with E-state index in [9.17, 15) is 18.0 Å². The van der Waals surface area contributed by atoms with Crippen molar-refractivity contribution in [2.75, 3.05) is 26.4 Å². The summed E-state index contributed by atoms with van der Waals surface area (Å²) in [7, 11) is -1.54. The van der Waals surface area contributed by atoms with Gasteiger partial charge in [-0.3, -0.25) is 4.79 Å². The molecule has 0 aromatic heterocycles. The van der Waals surface area contributed by atoms with Crippen LogP contribution in [-0.2, 0) is 14.8 Å². The molecule has 110 valence electrons. The normalized spacial score (nSPS) is 11.3. The molecule has 1 rings (SSSR count). The summed E-state index contributed by atoms with van der Waals surface area (Å²) in [5.41, 5.74) is 5.15. The quantitative estimate of drug-likeness (QED) is 0.619. The average molecular weight is 301 g/mol. The summed E-state index contributed by atoms with van der Waals surface area (Å²) in [6.45, 7) is -0.414. The van der Waals surface area contributed by atoms with Crippen molar-refractivity contribution < 1.29 is 23.1 Å². The lowest BCUT2D eigenvalue weighted by molar-refractivity contribution is -0.120. The molecule has 9 heteroatoms. The van der Waals surface area contributed by atoms with Crippen LogP contribution >= 0.6 is 0 Å². The van der Waals surface area contributed by atoms with Crippen molar-refractivity contribution in [3.05, 3.63) is 23.8 Å². The maximum absolute atomic E-state index is 12.3. The molecule has 0 unspecified atom stereocenters. The first-order chi connectivity index (χ1) is 9.20. The summed E-state index contributed by atoms with van der Waals surface area (Å²) in [6, 6.07) is 3.45. The van der Waals surface area contributed by atoms with E-state index in [2.05, 4.69) is 5.32 Å². The van der Waals surface area contributed by atoms with Crippen LogP contribution in [-0.4, -0.2) is 50.3 Å². The van der Waals surface area contributed by atoms with Crippen LogP contribution in [0.2, 0.25) is 0 Å². The van der Waals surface area contributed by atoms with E-state index in [-0.39, 0.29) is 5.69 Å². The number of hydrogen-bond donors (Lipinski definition) is 3. The fourth-order valence-corrected chi connectivity index (χ4v) is 2.76. The van der Waals surface area contributed by atoms with Crippen molar-refractivity contribution in [1.82, 2.24) is 9.62 Å². The number of anilines is 1. The fourth-order valence-electron chi connectivity index (χ4n) is 1.47. The van der Waals surface area contributed by atoms with Crippen molar-refractivity contribution in [2.24, 2.45) is 0 Å². The first-order valence-electron chi connectivity index (χ1n) is 5.50. The van der Waals surface area contributed by atoms with E-state index >= 15 is 0 Å². The number of rotatable bonds is 5. The minimum Gasteiger partial charge on any atom is -0.478 e. The molecule has 0 fully saturated rings. The summed E-state index contributed by atoms with van der Waals surface area (Å²) in [5.74, 6) is -1.92. The second kappa shape index (κ2) is 5.88. The van der Waals surface area contributed by atoms with Crippen molar-refractivity contribution in [1.29, 1.82) is 0 Å². The minimum absolute atomic E-state index is 0.135. The van der Waals surface area contributed by atoms with Gasteiger partial charge in [0.05, 0.1) is 17.0 Å². The first kappa shape index (κ1) is 15.9. The van der Waals surface area contributed by atoms with Crippen molar-refractivity contribution in [3.63, 3.8) is 0 Å². The van der Waals surface area contributed by atoms with Crippen LogP contribution in [0.3, 0.4) is 0 Å². The lowest BCUT2D eigenvalue weighted by Gasteiger charge is -2.17. The van der Waals surface area contributed by atoms with Gasteiger partial charge in [0, 0.05) is 19.8 Å². The summed E-state index contributed by atoms with van der Waals surface area (Å²) >= 11 is 0. The predicted molar refractivity (Wildman–Crippen MR) is 71.7 cm³/mol. The number of nitrogens with one attached hydrogen (secondary N) is 1. The SMILES string of the molecule is CNC(=O)CN(C)S(=O)(=O)c1ccc(N)cc1C(=O)O. The number of benzene rings is 1. The Balaban J connectivity index is 3.28. The van der Waals surface area contributed by atoms with Gasteiger partial charge in [0.15, 0.2) is 0 Å². The van der Waals surface area contributed by atoms with Crippen LogP contribution in [0.5, 0.6) is 0 Å². The summed E-state index contributed by atoms with van der Waals surface area (Å²) in [6.07, 6.45) is 0. The highest BCUT2D eigenvalue weighted by atomic mass is 32.2. The summed E-state index contributed by atoms with van der Waals surface area (Å²) < 4.78 is 25.3. The molecule has 0 spiro atoms. The molecule has 0 aliphatic heterocycles. The Morgan fingerprint density at radius 3 is 2.50 bits per heavy atom. The number of likely N-dealkylation sites (N-methyl/N-ethyl adjacent to an activating group) is 2. The third-order valence-electron chi connectivity index (χ3n) is 2.57. The number of carbonyl (C=O) groups is 2. The van der Waals surface area contributed by atoms with Crippen LogP contribution in [0.25, 0.3) is 0 Å². The lowest BCUT2D eigenvalue weighted by Crippen LogP contribution is -2.37. The molecule has 0 aliphatic carbocycles. The van der Waals surface area contributed by atoms with Gasteiger partial charge in [-0.05, 0) is 18.2 Å². The molecule has 0 bridgehead atoms. The van der Waals surface area contributed by atoms with Crippen molar-refractivity contribution in [3.8, 4) is 0 Å². The Bertz CT molecular complexity index is 641. The van der Waals surface area contributed by atoms with E-state index in [0.717, 1.165) is 16.4 Å². The Morgan fingerprint density at radius 1 is 1.40 bits per heavy atom. The van der Waals surface area contributed by atoms with E-state index in [0.29, 0.717) is 0 Å². The van der Waals surface area contributed by atoms with E-state index in [1.165, 1.54) is 20.2 Å². The summed E-state index contributed by atoms with van der Waals surface area (Å²) in [4.78, 5) is 21.9. The molecule has 1 amide bonds. The molecule has 0 saturated carbocycles. The third-order valence-corrected chi connectivity index (χ3v) is 4.43. The molecule has 4 N–H and O–H groups in total. The van der Waals surface area contributed by atoms with Gasteiger partial charge in [-0.2, -0.15) is 4.31 Å². The smallest absolute Gasteiger partial charge is 0.337 e. The Kier molecular flexibility index (Phi) is 4.69. The van der Waals surface area contributed by atoms with Gasteiger partial charge in [0.2, 0.25) is 15.9 Å². The van der Waals surface area contributed by atoms with Crippen LogP contribution in [0, 0.1) is 0 Å². The van der Waals surface area contributed by atoms with Crippen molar-refractivity contribution >= 4 is 27.6 Å². The lowest BCUT2D eigenvalue weighted by atomic mass is 10.2.